The van der Waals surface area contributed by atoms with E-state index in [0.29, 0.717) is 13.0 Å². The second kappa shape index (κ2) is 11.6. The lowest BCUT2D eigenvalue weighted by Crippen LogP contribution is -2.23. The molecule has 1 saturated heterocycles. The van der Waals surface area contributed by atoms with E-state index in [9.17, 15) is 8.42 Å². The molecule has 2 heterocycles. The van der Waals surface area contributed by atoms with Gasteiger partial charge in [-0.3, -0.25) is 9.17 Å². The van der Waals surface area contributed by atoms with Crippen molar-refractivity contribution in [1.82, 2.24) is 4.98 Å². The lowest BCUT2D eigenvalue weighted by atomic mass is 10.0. The quantitative estimate of drug-likeness (QED) is 0.405. The van der Waals surface area contributed by atoms with Gasteiger partial charge in [0.25, 0.3) is 10.1 Å². The first-order chi connectivity index (χ1) is 12.5. The van der Waals surface area contributed by atoms with Gasteiger partial charge in [0.2, 0.25) is 0 Å². The van der Waals surface area contributed by atoms with Crippen LogP contribution in [0.15, 0.2) is 24.5 Å². The van der Waals surface area contributed by atoms with Gasteiger partial charge in [0.1, 0.15) is 0 Å². The minimum Gasteiger partial charge on any atom is -0.353 e. The van der Waals surface area contributed by atoms with Crippen molar-refractivity contribution in [2.24, 2.45) is 0 Å². The molecule has 6 nitrogen and oxygen atoms in total. The summed E-state index contributed by atoms with van der Waals surface area (Å²) in [6.45, 7) is 1.43. The molecule has 148 valence electrons. The molecule has 26 heavy (non-hydrogen) atoms. The molecule has 0 aliphatic carbocycles. The van der Waals surface area contributed by atoms with Crippen LogP contribution in [0.4, 0.5) is 0 Å². The topological polar surface area (TPSA) is 74.7 Å². The summed E-state index contributed by atoms with van der Waals surface area (Å²) in [5.41, 5.74) is 1.16. The Hall–Kier alpha value is -1.02. The molecule has 1 aromatic heterocycles. The second-order valence-electron chi connectivity index (χ2n) is 6.84. The van der Waals surface area contributed by atoms with Gasteiger partial charge < -0.3 is 9.47 Å². The summed E-state index contributed by atoms with van der Waals surface area (Å²) in [6, 6.07) is 3.94. The van der Waals surface area contributed by atoms with Gasteiger partial charge in [0, 0.05) is 25.6 Å². The van der Waals surface area contributed by atoms with E-state index < -0.39 is 10.1 Å². The molecule has 0 bridgehead atoms. The third kappa shape index (κ3) is 9.62. The molecule has 2 atom stereocenters. The predicted octanol–water partition coefficient (Wildman–Crippen LogP) is 3.46. The van der Waals surface area contributed by atoms with Crippen LogP contribution < -0.4 is 0 Å². The van der Waals surface area contributed by atoms with E-state index in [1.54, 1.807) is 6.20 Å². The van der Waals surface area contributed by atoms with Crippen molar-refractivity contribution in [2.45, 2.75) is 70.2 Å². The first-order valence-electron chi connectivity index (χ1n) is 9.53. The summed E-state index contributed by atoms with van der Waals surface area (Å²) < 4.78 is 39.5. The number of hydrogen-bond donors (Lipinski definition) is 0. The number of unbranched alkanes of at least 4 members (excludes halogenated alkanes) is 1. The first-order valence-corrected chi connectivity index (χ1v) is 11.3. The lowest BCUT2D eigenvalue weighted by molar-refractivity contribution is -0.162. The van der Waals surface area contributed by atoms with Crippen LogP contribution in [0.1, 0.15) is 56.9 Å². The lowest BCUT2D eigenvalue weighted by Gasteiger charge is -2.22. The van der Waals surface area contributed by atoms with Crippen LogP contribution >= 0.6 is 0 Å². The van der Waals surface area contributed by atoms with Crippen LogP contribution in [0.25, 0.3) is 0 Å². The summed E-state index contributed by atoms with van der Waals surface area (Å²) in [5.74, 6) is 0. The molecular formula is C19H31NO5S. The van der Waals surface area contributed by atoms with Crippen molar-refractivity contribution in [3.63, 3.8) is 0 Å². The van der Waals surface area contributed by atoms with Crippen LogP contribution in [0.2, 0.25) is 0 Å². The SMILES string of the molecule is CS(=O)(=O)OC(CCCCOC1CCCCO1)CCCc1cccnc1. The fourth-order valence-electron chi connectivity index (χ4n) is 3.10. The Bertz CT molecular complexity index is 587. The molecule has 0 saturated carbocycles. The van der Waals surface area contributed by atoms with Crippen molar-refractivity contribution in [2.75, 3.05) is 19.5 Å². The minimum atomic E-state index is -3.44. The number of ether oxygens (including phenoxy) is 2. The van der Waals surface area contributed by atoms with E-state index in [-0.39, 0.29) is 12.4 Å². The minimum absolute atomic E-state index is 0.0636. The van der Waals surface area contributed by atoms with Gasteiger partial charge in [-0.05, 0) is 69.4 Å². The average Bonchev–Trinajstić information content (AvgIpc) is 2.62. The van der Waals surface area contributed by atoms with Gasteiger partial charge in [-0.15, -0.1) is 0 Å². The van der Waals surface area contributed by atoms with E-state index >= 15 is 0 Å². The average molecular weight is 386 g/mol. The second-order valence-corrected chi connectivity index (χ2v) is 8.44. The molecule has 2 unspecified atom stereocenters. The molecule has 0 spiro atoms. The standard InChI is InChI=1S/C19H31NO5S/c1-26(21,22)25-18(11-6-8-17-9-7-13-20-16-17)10-2-4-14-23-19-12-3-5-15-24-19/h7,9,13,16,18-19H,2-6,8,10-12,14-15H2,1H3. The summed E-state index contributed by atoms with van der Waals surface area (Å²) in [5, 5.41) is 0. The normalized spacial score (nSPS) is 19.3. The third-order valence-electron chi connectivity index (χ3n) is 4.39. The molecule has 1 aliphatic heterocycles. The molecule has 0 radical (unpaired) electrons. The van der Waals surface area contributed by atoms with Crippen LogP contribution in [0.3, 0.4) is 0 Å². The van der Waals surface area contributed by atoms with Crippen molar-refractivity contribution in [3.8, 4) is 0 Å². The van der Waals surface area contributed by atoms with E-state index in [1.807, 2.05) is 18.3 Å². The summed E-state index contributed by atoms with van der Waals surface area (Å²) in [4.78, 5) is 4.10. The van der Waals surface area contributed by atoms with Gasteiger partial charge in [-0.1, -0.05) is 6.07 Å². The summed E-state index contributed by atoms with van der Waals surface area (Å²) >= 11 is 0. The Balaban J connectivity index is 1.65. The highest BCUT2D eigenvalue weighted by Crippen LogP contribution is 2.17. The number of aryl methyl sites for hydroxylation is 1. The van der Waals surface area contributed by atoms with Gasteiger partial charge in [-0.25, -0.2) is 0 Å². The summed E-state index contributed by atoms with van der Waals surface area (Å²) in [7, 11) is -3.44. The largest absolute Gasteiger partial charge is 0.353 e. The molecule has 1 aromatic rings. The Kier molecular flexibility index (Phi) is 9.53. The number of pyridine rings is 1. The Labute approximate surface area is 157 Å². The predicted molar refractivity (Wildman–Crippen MR) is 100 cm³/mol. The monoisotopic (exact) mass is 385 g/mol. The highest BCUT2D eigenvalue weighted by molar-refractivity contribution is 7.86. The van der Waals surface area contributed by atoms with Crippen molar-refractivity contribution >= 4 is 10.1 Å². The van der Waals surface area contributed by atoms with Gasteiger partial charge in [-0.2, -0.15) is 8.42 Å². The van der Waals surface area contributed by atoms with E-state index in [1.165, 1.54) is 0 Å². The first kappa shape index (κ1) is 21.3. The number of nitrogens with zero attached hydrogens (tertiary/aromatic N) is 1. The van der Waals surface area contributed by atoms with Crippen molar-refractivity contribution in [3.05, 3.63) is 30.1 Å². The highest BCUT2D eigenvalue weighted by Gasteiger charge is 2.16. The van der Waals surface area contributed by atoms with E-state index in [4.69, 9.17) is 13.7 Å². The van der Waals surface area contributed by atoms with Crippen LogP contribution in [0.5, 0.6) is 0 Å². The smallest absolute Gasteiger partial charge is 0.264 e. The molecule has 1 fully saturated rings. The van der Waals surface area contributed by atoms with Crippen LogP contribution in [0, 0.1) is 0 Å². The maximum absolute atomic E-state index is 11.5. The zero-order valence-corrected chi connectivity index (χ0v) is 16.5. The Morgan fingerprint density at radius 2 is 2.12 bits per heavy atom. The summed E-state index contributed by atoms with van der Waals surface area (Å²) in [6.07, 6.45) is 12.6. The van der Waals surface area contributed by atoms with E-state index in [2.05, 4.69) is 4.98 Å². The zero-order chi connectivity index (χ0) is 18.7. The van der Waals surface area contributed by atoms with Gasteiger partial charge >= 0.3 is 0 Å². The maximum Gasteiger partial charge on any atom is 0.264 e. The third-order valence-corrected chi connectivity index (χ3v) is 5.01. The van der Waals surface area contributed by atoms with Crippen LogP contribution in [-0.4, -0.2) is 45.3 Å². The Morgan fingerprint density at radius 3 is 2.81 bits per heavy atom. The van der Waals surface area contributed by atoms with Crippen LogP contribution in [-0.2, 0) is 30.2 Å². The number of hydrogen-bond acceptors (Lipinski definition) is 6. The Morgan fingerprint density at radius 1 is 1.27 bits per heavy atom. The number of aromatic nitrogens is 1. The van der Waals surface area contributed by atoms with Gasteiger partial charge in [0.15, 0.2) is 6.29 Å². The molecule has 0 aromatic carbocycles. The molecule has 2 rings (SSSR count). The number of rotatable bonds is 12. The fraction of sp³-hybridized carbons (Fsp3) is 0.737. The van der Waals surface area contributed by atoms with Crippen molar-refractivity contribution < 1.29 is 22.1 Å². The highest BCUT2D eigenvalue weighted by atomic mass is 32.2. The molecular weight excluding hydrogens is 354 g/mol. The van der Waals surface area contributed by atoms with Gasteiger partial charge in [0.05, 0.1) is 12.4 Å². The zero-order valence-electron chi connectivity index (χ0n) is 15.6. The molecule has 7 heteroatoms. The molecule has 0 amide bonds. The molecule has 1 aliphatic rings. The molecule has 0 N–H and O–H groups in total. The maximum atomic E-state index is 11.5. The fourth-order valence-corrected chi connectivity index (χ4v) is 3.79. The van der Waals surface area contributed by atoms with Crippen molar-refractivity contribution in [1.29, 1.82) is 0 Å². The van der Waals surface area contributed by atoms with E-state index in [0.717, 1.165) is 69.8 Å².